The number of furan rings is 1. The lowest BCUT2D eigenvalue weighted by atomic mass is 10.2. The number of amides is 1. The lowest BCUT2D eigenvalue weighted by Crippen LogP contribution is -2.29. The van der Waals surface area contributed by atoms with Crippen molar-refractivity contribution in [2.45, 2.75) is 32.2 Å². The van der Waals surface area contributed by atoms with Gasteiger partial charge in [0.05, 0.1) is 6.26 Å². The first kappa shape index (κ1) is 12.8. The van der Waals surface area contributed by atoms with Gasteiger partial charge in [-0.15, -0.1) is 0 Å². The molecule has 1 unspecified atom stereocenters. The van der Waals surface area contributed by atoms with Gasteiger partial charge in [0.1, 0.15) is 5.76 Å². The third-order valence-corrected chi connectivity index (χ3v) is 2.44. The average molecular weight is 224 g/mol. The zero-order valence-corrected chi connectivity index (χ0v) is 9.95. The number of carbonyl (C=O) groups excluding carboxylic acids is 1. The molecule has 0 aliphatic heterocycles. The Kier molecular flexibility index (Phi) is 5.64. The van der Waals surface area contributed by atoms with Crippen LogP contribution in [0.25, 0.3) is 0 Å². The van der Waals surface area contributed by atoms with Crippen molar-refractivity contribution < 1.29 is 9.21 Å². The molecule has 0 saturated carbocycles. The molecule has 1 atom stereocenters. The molecule has 16 heavy (non-hydrogen) atoms. The quantitative estimate of drug-likeness (QED) is 0.687. The summed E-state index contributed by atoms with van der Waals surface area (Å²) in [6, 6.07) is 4.24. The lowest BCUT2D eigenvalue weighted by molar-refractivity contribution is -0.120. The van der Waals surface area contributed by atoms with Crippen molar-refractivity contribution in [2.24, 2.45) is 0 Å². The average Bonchev–Trinajstić information content (AvgIpc) is 2.76. The Morgan fingerprint density at radius 2 is 2.38 bits per heavy atom. The fourth-order valence-electron chi connectivity index (χ4n) is 1.53. The minimum Gasteiger partial charge on any atom is -0.469 e. The molecule has 1 aromatic rings. The van der Waals surface area contributed by atoms with Crippen molar-refractivity contribution in [2.75, 3.05) is 13.6 Å². The van der Waals surface area contributed by atoms with Crippen LogP contribution in [-0.2, 0) is 11.2 Å². The van der Waals surface area contributed by atoms with E-state index in [0.29, 0.717) is 12.5 Å². The Morgan fingerprint density at radius 3 is 3.00 bits per heavy atom. The second-order valence-corrected chi connectivity index (χ2v) is 3.92. The van der Waals surface area contributed by atoms with Gasteiger partial charge in [-0.3, -0.25) is 4.79 Å². The Bertz CT molecular complexity index is 296. The molecule has 4 nitrogen and oxygen atoms in total. The first-order chi connectivity index (χ1) is 7.72. The Labute approximate surface area is 96.4 Å². The zero-order valence-electron chi connectivity index (χ0n) is 9.95. The van der Waals surface area contributed by atoms with Crippen molar-refractivity contribution in [3.05, 3.63) is 24.2 Å². The van der Waals surface area contributed by atoms with E-state index in [1.54, 1.807) is 13.3 Å². The minimum absolute atomic E-state index is 0.0977. The van der Waals surface area contributed by atoms with Crippen LogP contribution >= 0.6 is 0 Å². The summed E-state index contributed by atoms with van der Waals surface area (Å²) in [7, 11) is 1.66. The van der Waals surface area contributed by atoms with Gasteiger partial charge >= 0.3 is 0 Å². The number of carbonyl (C=O) groups is 1. The molecule has 0 saturated heterocycles. The summed E-state index contributed by atoms with van der Waals surface area (Å²) in [6.45, 7) is 2.97. The third-order valence-electron chi connectivity index (χ3n) is 2.44. The van der Waals surface area contributed by atoms with Crippen LogP contribution < -0.4 is 10.6 Å². The fraction of sp³-hybridized carbons (Fsp3) is 0.583. The van der Waals surface area contributed by atoms with Gasteiger partial charge < -0.3 is 15.1 Å². The molecule has 90 valence electrons. The molecule has 0 spiro atoms. The molecule has 2 N–H and O–H groups in total. The van der Waals surface area contributed by atoms with Crippen LogP contribution in [0.1, 0.15) is 25.5 Å². The van der Waals surface area contributed by atoms with E-state index in [4.69, 9.17) is 4.42 Å². The van der Waals surface area contributed by atoms with E-state index in [0.717, 1.165) is 25.1 Å². The molecule has 1 aromatic heterocycles. The highest BCUT2D eigenvalue weighted by atomic mass is 16.3. The van der Waals surface area contributed by atoms with Gasteiger partial charge in [0.2, 0.25) is 5.91 Å². The standard InChI is InChI=1S/C12H20N2O2/c1-10(9-11-5-4-8-16-11)14-7-3-6-12(15)13-2/h4-5,8,10,14H,3,6-7,9H2,1-2H3,(H,13,15). The molecule has 1 rings (SSSR count). The summed E-state index contributed by atoms with van der Waals surface area (Å²) in [5, 5.41) is 5.97. The van der Waals surface area contributed by atoms with Gasteiger partial charge in [0.15, 0.2) is 0 Å². The van der Waals surface area contributed by atoms with E-state index in [1.165, 1.54) is 0 Å². The normalized spacial score (nSPS) is 12.4. The van der Waals surface area contributed by atoms with Gasteiger partial charge in [0, 0.05) is 25.9 Å². The molecular weight excluding hydrogens is 204 g/mol. The SMILES string of the molecule is CNC(=O)CCCNC(C)Cc1ccco1. The highest BCUT2D eigenvalue weighted by Crippen LogP contribution is 2.03. The van der Waals surface area contributed by atoms with Gasteiger partial charge in [0.25, 0.3) is 0 Å². The summed E-state index contributed by atoms with van der Waals surface area (Å²) in [6.07, 6.45) is 4.01. The molecule has 4 heteroatoms. The summed E-state index contributed by atoms with van der Waals surface area (Å²) in [5.41, 5.74) is 0. The topological polar surface area (TPSA) is 54.3 Å². The number of nitrogens with one attached hydrogen (secondary N) is 2. The van der Waals surface area contributed by atoms with Crippen LogP contribution in [0.2, 0.25) is 0 Å². The molecule has 0 aromatic carbocycles. The smallest absolute Gasteiger partial charge is 0.219 e. The van der Waals surface area contributed by atoms with E-state index in [2.05, 4.69) is 17.6 Å². The Balaban J connectivity index is 2.06. The number of hydrogen-bond donors (Lipinski definition) is 2. The van der Waals surface area contributed by atoms with Crippen LogP contribution in [0.3, 0.4) is 0 Å². The van der Waals surface area contributed by atoms with Crippen molar-refractivity contribution in [1.29, 1.82) is 0 Å². The molecular formula is C12H20N2O2. The Hall–Kier alpha value is -1.29. The van der Waals surface area contributed by atoms with E-state index in [9.17, 15) is 4.79 Å². The van der Waals surface area contributed by atoms with E-state index in [1.807, 2.05) is 12.1 Å². The maximum absolute atomic E-state index is 11.0. The largest absolute Gasteiger partial charge is 0.469 e. The van der Waals surface area contributed by atoms with Crippen molar-refractivity contribution in [3.63, 3.8) is 0 Å². The van der Waals surface area contributed by atoms with Gasteiger partial charge in [-0.2, -0.15) is 0 Å². The van der Waals surface area contributed by atoms with Crippen LogP contribution in [0, 0.1) is 0 Å². The van der Waals surface area contributed by atoms with E-state index >= 15 is 0 Å². The van der Waals surface area contributed by atoms with E-state index in [-0.39, 0.29) is 5.91 Å². The van der Waals surface area contributed by atoms with Gasteiger partial charge in [-0.25, -0.2) is 0 Å². The van der Waals surface area contributed by atoms with Crippen LogP contribution in [-0.4, -0.2) is 25.5 Å². The van der Waals surface area contributed by atoms with Crippen LogP contribution in [0.4, 0.5) is 0 Å². The molecule has 0 radical (unpaired) electrons. The highest BCUT2D eigenvalue weighted by molar-refractivity contribution is 5.75. The minimum atomic E-state index is 0.0977. The van der Waals surface area contributed by atoms with Crippen molar-refractivity contribution in [3.8, 4) is 0 Å². The van der Waals surface area contributed by atoms with Gasteiger partial charge in [-0.1, -0.05) is 0 Å². The molecule has 0 bridgehead atoms. The van der Waals surface area contributed by atoms with Crippen molar-refractivity contribution >= 4 is 5.91 Å². The first-order valence-electron chi connectivity index (χ1n) is 5.68. The van der Waals surface area contributed by atoms with Crippen LogP contribution in [0.5, 0.6) is 0 Å². The summed E-state index contributed by atoms with van der Waals surface area (Å²) in [4.78, 5) is 11.0. The Morgan fingerprint density at radius 1 is 1.56 bits per heavy atom. The zero-order chi connectivity index (χ0) is 11.8. The fourth-order valence-corrected chi connectivity index (χ4v) is 1.53. The lowest BCUT2D eigenvalue weighted by Gasteiger charge is -2.11. The molecule has 0 aliphatic rings. The first-order valence-corrected chi connectivity index (χ1v) is 5.68. The van der Waals surface area contributed by atoms with Gasteiger partial charge in [-0.05, 0) is 32.0 Å². The summed E-state index contributed by atoms with van der Waals surface area (Å²) >= 11 is 0. The second-order valence-electron chi connectivity index (χ2n) is 3.92. The van der Waals surface area contributed by atoms with Crippen molar-refractivity contribution in [1.82, 2.24) is 10.6 Å². The summed E-state index contributed by atoms with van der Waals surface area (Å²) in [5.74, 6) is 1.09. The number of hydrogen-bond acceptors (Lipinski definition) is 3. The predicted octanol–water partition coefficient (Wildman–Crippen LogP) is 1.33. The molecule has 0 fully saturated rings. The van der Waals surface area contributed by atoms with Crippen LogP contribution in [0.15, 0.2) is 22.8 Å². The maximum atomic E-state index is 11.0. The monoisotopic (exact) mass is 224 g/mol. The predicted molar refractivity (Wildman–Crippen MR) is 63.2 cm³/mol. The molecule has 1 heterocycles. The molecule has 0 aliphatic carbocycles. The molecule has 1 amide bonds. The number of rotatable bonds is 7. The van der Waals surface area contributed by atoms with E-state index < -0.39 is 0 Å². The third kappa shape index (κ3) is 4.98. The summed E-state index contributed by atoms with van der Waals surface area (Å²) < 4.78 is 5.26. The highest BCUT2D eigenvalue weighted by Gasteiger charge is 2.05. The second kappa shape index (κ2) is 7.06. The maximum Gasteiger partial charge on any atom is 0.219 e.